The van der Waals surface area contributed by atoms with Crippen molar-refractivity contribution in [2.45, 2.75) is 6.43 Å². The third-order valence-electron chi connectivity index (χ3n) is 1.92. The number of nitrogens with one attached hydrogen (secondary N) is 1. The van der Waals surface area contributed by atoms with E-state index in [1.165, 1.54) is 18.2 Å². The van der Waals surface area contributed by atoms with E-state index in [0.717, 1.165) is 6.07 Å². The van der Waals surface area contributed by atoms with Crippen LogP contribution >= 0.6 is 0 Å². The van der Waals surface area contributed by atoms with Crippen LogP contribution in [0.3, 0.4) is 0 Å². The molecular weight excluding hydrogens is 218 g/mol. The van der Waals surface area contributed by atoms with Crippen molar-refractivity contribution < 1.29 is 13.7 Å². The minimum absolute atomic E-state index is 0.181. The van der Waals surface area contributed by atoms with Crippen molar-refractivity contribution in [1.82, 2.24) is 0 Å². The summed E-state index contributed by atoms with van der Waals surface area (Å²) >= 11 is 0. The van der Waals surface area contributed by atoms with Crippen LogP contribution in [0.15, 0.2) is 30.9 Å². The molecule has 1 rings (SSSR count). The van der Waals surface area contributed by atoms with E-state index < -0.39 is 11.3 Å². The van der Waals surface area contributed by atoms with Crippen molar-refractivity contribution in [2.24, 2.45) is 0 Å². The van der Waals surface area contributed by atoms with Crippen LogP contribution in [0.1, 0.15) is 12.0 Å². The van der Waals surface area contributed by atoms with Gasteiger partial charge in [0.05, 0.1) is 4.92 Å². The maximum Gasteiger partial charge on any atom is 0.270 e. The zero-order valence-corrected chi connectivity index (χ0v) is 8.32. The molecule has 0 saturated carbocycles. The molecule has 1 aromatic carbocycles. The van der Waals surface area contributed by atoms with E-state index in [4.69, 9.17) is 0 Å². The van der Waals surface area contributed by atoms with Crippen LogP contribution in [0, 0.1) is 10.1 Å². The molecule has 0 saturated heterocycles. The number of benzene rings is 1. The number of rotatable bonds is 5. The zero-order valence-electron chi connectivity index (χ0n) is 8.32. The van der Waals surface area contributed by atoms with Crippen LogP contribution in [0.5, 0.6) is 0 Å². The number of nitro groups is 1. The molecule has 0 aliphatic heterocycles. The van der Waals surface area contributed by atoms with Gasteiger partial charge in [-0.2, -0.15) is 0 Å². The molecule has 0 unspecified atom stereocenters. The lowest BCUT2D eigenvalue weighted by molar-refractivity contribution is -0.385. The summed E-state index contributed by atoms with van der Waals surface area (Å²) in [5.41, 5.74) is -0.545. The number of alkyl halides is 2. The Labute approximate surface area is 90.7 Å². The molecule has 0 radical (unpaired) electrons. The minimum atomic E-state index is -2.76. The van der Waals surface area contributed by atoms with Crippen molar-refractivity contribution in [3.05, 3.63) is 46.5 Å². The predicted octanol–water partition coefficient (Wildman–Crippen LogP) is 3.13. The summed E-state index contributed by atoms with van der Waals surface area (Å²) in [6, 6.07) is 3.32. The molecule has 0 amide bonds. The summed E-state index contributed by atoms with van der Waals surface area (Å²) in [5, 5.41) is 13.1. The van der Waals surface area contributed by atoms with Crippen LogP contribution in [0.4, 0.5) is 20.2 Å². The van der Waals surface area contributed by atoms with Crippen molar-refractivity contribution in [3.63, 3.8) is 0 Å². The lowest BCUT2D eigenvalue weighted by Gasteiger charge is -2.09. The van der Waals surface area contributed by atoms with Gasteiger partial charge in [0.1, 0.15) is 0 Å². The van der Waals surface area contributed by atoms with Gasteiger partial charge in [-0.1, -0.05) is 6.08 Å². The SMILES string of the molecule is C=CCNc1ccc([N+](=O)[O-])cc1C(F)F. The number of non-ortho nitro benzene ring substituents is 1. The van der Waals surface area contributed by atoms with Crippen molar-refractivity contribution in [1.29, 1.82) is 0 Å². The Morgan fingerprint density at radius 1 is 1.56 bits per heavy atom. The van der Waals surface area contributed by atoms with E-state index in [2.05, 4.69) is 11.9 Å². The molecule has 0 bridgehead atoms. The number of nitrogens with zero attached hydrogens (tertiary/aromatic N) is 1. The average Bonchev–Trinajstić information content (AvgIpc) is 2.25. The summed E-state index contributed by atoms with van der Waals surface area (Å²) in [7, 11) is 0. The van der Waals surface area contributed by atoms with Gasteiger partial charge in [-0.25, -0.2) is 8.78 Å². The second-order valence-electron chi connectivity index (χ2n) is 3.00. The monoisotopic (exact) mass is 228 g/mol. The first-order valence-electron chi connectivity index (χ1n) is 4.47. The molecule has 6 heteroatoms. The Morgan fingerprint density at radius 3 is 2.75 bits per heavy atom. The average molecular weight is 228 g/mol. The van der Waals surface area contributed by atoms with Gasteiger partial charge in [-0.05, 0) is 6.07 Å². The number of anilines is 1. The Bertz CT molecular complexity index is 408. The van der Waals surface area contributed by atoms with E-state index in [9.17, 15) is 18.9 Å². The van der Waals surface area contributed by atoms with Crippen LogP contribution < -0.4 is 5.32 Å². The van der Waals surface area contributed by atoms with Crippen LogP contribution in [-0.4, -0.2) is 11.5 Å². The molecule has 0 aliphatic rings. The minimum Gasteiger partial charge on any atom is -0.381 e. The molecule has 0 spiro atoms. The number of hydrogen-bond donors (Lipinski definition) is 1. The van der Waals surface area contributed by atoms with Gasteiger partial charge in [-0.3, -0.25) is 10.1 Å². The topological polar surface area (TPSA) is 55.2 Å². The second kappa shape index (κ2) is 5.20. The Balaban J connectivity index is 3.08. The fourth-order valence-electron chi connectivity index (χ4n) is 1.19. The van der Waals surface area contributed by atoms with Gasteiger partial charge in [0, 0.05) is 29.9 Å². The van der Waals surface area contributed by atoms with E-state index in [1.807, 2.05) is 0 Å². The normalized spacial score (nSPS) is 10.2. The number of nitro benzene ring substituents is 1. The molecule has 0 fully saturated rings. The lowest BCUT2D eigenvalue weighted by atomic mass is 10.1. The van der Waals surface area contributed by atoms with E-state index in [-0.39, 0.29) is 16.9 Å². The van der Waals surface area contributed by atoms with Crippen molar-refractivity contribution in [2.75, 3.05) is 11.9 Å². The zero-order chi connectivity index (χ0) is 12.1. The van der Waals surface area contributed by atoms with E-state index >= 15 is 0 Å². The van der Waals surface area contributed by atoms with Gasteiger partial charge in [-0.15, -0.1) is 6.58 Å². The molecular formula is C10H10F2N2O2. The maximum atomic E-state index is 12.6. The van der Waals surface area contributed by atoms with Crippen molar-refractivity contribution in [3.8, 4) is 0 Å². The molecule has 0 atom stereocenters. The summed E-state index contributed by atoms with van der Waals surface area (Å²) < 4.78 is 25.2. The van der Waals surface area contributed by atoms with Gasteiger partial charge < -0.3 is 5.32 Å². The van der Waals surface area contributed by atoms with Gasteiger partial charge in [0.25, 0.3) is 12.1 Å². The van der Waals surface area contributed by atoms with E-state index in [1.54, 1.807) is 0 Å². The number of hydrogen-bond acceptors (Lipinski definition) is 3. The molecule has 4 nitrogen and oxygen atoms in total. The molecule has 1 aromatic rings. The molecule has 1 N–H and O–H groups in total. The first-order chi connectivity index (χ1) is 7.56. The highest BCUT2D eigenvalue weighted by molar-refractivity contribution is 5.56. The maximum absolute atomic E-state index is 12.6. The highest BCUT2D eigenvalue weighted by Crippen LogP contribution is 2.30. The largest absolute Gasteiger partial charge is 0.381 e. The van der Waals surface area contributed by atoms with Gasteiger partial charge in [0.2, 0.25) is 0 Å². The molecule has 0 heterocycles. The van der Waals surface area contributed by atoms with E-state index in [0.29, 0.717) is 6.54 Å². The smallest absolute Gasteiger partial charge is 0.270 e. The Morgan fingerprint density at radius 2 is 2.25 bits per heavy atom. The summed E-state index contributed by atoms with van der Waals surface area (Å²) in [6.45, 7) is 3.75. The van der Waals surface area contributed by atoms with Gasteiger partial charge >= 0.3 is 0 Å². The Kier molecular flexibility index (Phi) is 3.93. The van der Waals surface area contributed by atoms with Crippen LogP contribution in [0.25, 0.3) is 0 Å². The standard InChI is InChI=1S/C10H10F2N2O2/c1-2-5-13-9-4-3-7(14(15)16)6-8(9)10(11)12/h2-4,6,10,13H,1,5H2. The number of halogens is 2. The predicted molar refractivity (Wildman–Crippen MR) is 56.7 cm³/mol. The van der Waals surface area contributed by atoms with Crippen LogP contribution in [0.2, 0.25) is 0 Å². The summed E-state index contributed by atoms with van der Waals surface area (Å²) in [6.07, 6.45) is -1.25. The first-order valence-corrected chi connectivity index (χ1v) is 4.47. The van der Waals surface area contributed by atoms with Crippen molar-refractivity contribution >= 4 is 11.4 Å². The highest BCUT2D eigenvalue weighted by Gasteiger charge is 2.17. The first kappa shape index (κ1) is 12.1. The fourth-order valence-corrected chi connectivity index (χ4v) is 1.19. The summed E-state index contributed by atoms with van der Waals surface area (Å²) in [4.78, 5) is 9.72. The third-order valence-corrected chi connectivity index (χ3v) is 1.92. The van der Waals surface area contributed by atoms with Crippen LogP contribution in [-0.2, 0) is 0 Å². The lowest BCUT2D eigenvalue weighted by Crippen LogP contribution is -2.02. The third kappa shape index (κ3) is 2.75. The molecule has 16 heavy (non-hydrogen) atoms. The fraction of sp³-hybridized carbons (Fsp3) is 0.200. The summed E-state index contributed by atoms with van der Waals surface area (Å²) in [5.74, 6) is 0. The van der Waals surface area contributed by atoms with Gasteiger partial charge in [0.15, 0.2) is 0 Å². The molecule has 86 valence electrons. The second-order valence-corrected chi connectivity index (χ2v) is 3.00. The molecule has 0 aliphatic carbocycles. The highest BCUT2D eigenvalue weighted by atomic mass is 19.3. The Hall–Kier alpha value is -1.98. The molecule has 0 aromatic heterocycles. The quantitative estimate of drug-likeness (QED) is 0.478.